The number of halogens is 1. The zero-order valence-corrected chi connectivity index (χ0v) is 16.2. The molecule has 0 spiro atoms. The summed E-state index contributed by atoms with van der Waals surface area (Å²) in [6.45, 7) is 7.77. The standard InChI is InChI=1S/C10H12FNOS.C10H11N3/c1-7(14-6-10(12)13)8-2-4-9(11)5-3-8;1-3-8(2)13-10-5-4-9(6-11)7-12-10/h2-5,7H,6H2,1H3,(H2,12,13);4-5,7H,2-3H2,1H3,(H,12,13). The molecule has 1 heterocycles. The Morgan fingerprint density at radius 2 is 2.04 bits per heavy atom. The van der Waals surface area contributed by atoms with Gasteiger partial charge in [-0.05, 0) is 43.2 Å². The first kappa shape index (κ1) is 22.2. The molecule has 142 valence electrons. The van der Waals surface area contributed by atoms with Crippen LogP contribution in [0.3, 0.4) is 0 Å². The van der Waals surface area contributed by atoms with E-state index in [0.29, 0.717) is 11.3 Å². The van der Waals surface area contributed by atoms with Gasteiger partial charge in [0.15, 0.2) is 0 Å². The SMILES string of the molecule is C=C(CC)Nc1ccc(C#N)cn1.CC(SCC(N)=O)c1ccc(F)cc1. The Kier molecular flexibility index (Phi) is 9.62. The molecule has 0 aliphatic rings. The maximum atomic E-state index is 12.6. The normalized spacial score (nSPS) is 10.7. The molecule has 7 heteroatoms. The van der Waals surface area contributed by atoms with Crippen LogP contribution in [0.15, 0.2) is 54.9 Å². The molecule has 1 aromatic carbocycles. The number of carbonyl (C=O) groups excluding carboxylic acids is 1. The third-order valence-corrected chi connectivity index (χ3v) is 4.66. The van der Waals surface area contributed by atoms with Crippen molar-refractivity contribution in [3.8, 4) is 6.07 Å². The number of hydrogen-bond donors (Lipinski definition) is 2. The van der Waals surface area contributed by atoms with Gasteiger partial charge < -0.3 is 11.1 Å². The average molecular weight is 386 g/mol. The monoisotopic (exact) mass is 386 g/mol. The van der Waals surface area contributed by atoms with Crippen molar-refractivity contribution in [2.45, 2.75) is 25.5 Å². The number of anilines is 1. The summed E-state index contributed by atoms with van der Waals surface area (Å²) in [5.74, 6) is 0.439. The summed E-state index contributed by atoms with van der Waals surface area (Å²) >= 11 is 1.45. The molecule has 0 fully saturated rings. The largest absolute Gasteiger partial charge is 0.369 e. The smallest absolute Gasteiger partial charge is 0.227 e. The highest BCUT2D eigenvalue weighted by atomic mass is 32.2. The molecule has 1 amide bonds. The number of nitrogens with two attached hydrogens (primary N) is 1. The van der Waals surface area contributed by atoms with Gasteiger partial charge in [-0.25, -0.2) is 9.37 Å². The van der Waals surface area contributed by atoms with Gasteiger partial charge in [0.2, 0.25) is 5.91 Å². The van der Waals surface area contributed by atoms with Crippen LogP contribution in [0.25, 0.3) is 0 Å². The van der Waals surface area contributed by atoms with Crippen LogP contribution in [0, 0.1) is 17.1 Å². The minimum absolute atomic E-state index is 0.156. The fourth-order valence-electron chi connectivity index (χ4n) is 1.84. The van der Waals surface area contributed by atoms with Gasteiger partial charge in [0.25, 0.3) is 0 Å². The maximum absolute atomic E-state index is 12.6. The van der Waals surface area contributed by atoms with E-state index in [1.54, 1.807) is 24.3 Å². The Hall–Kier alpha value is -2.85. The molecule has 1 atom stereocenters. The molecule has 0 aliphatic heterocycles. The third kappa shape index (κ3) is 8.88. The first-order chi connectivity index (χ1) is 12.8. The summed E-state index contributed by atoms with van der Waals surface area (Å²) in [6.07, 6.45) is 2.40. The molecule has 1 aromatic heterocycles. The highest BCUT2D eigenvalue weighted by Crippen LogP contribution is 2.27. The highest BCUT2D eigenvalue weighted by molar-refractivity contribution is 8.00. The van der Waals surface area contributed by atoms with Crippen LogP contribution >= 0.6 is 11.8 Å². The zero-order valence-electron chi connectivity index (χ0n) is 15.4. The molecule has 0 saturated heterocycles. The Morgan fingerprint density at radius 1 is 1.37 bits per heavy atom. The van der Waals surface area contributed by atoms with Gasteiger partial charge in [-0.15, -0.1) is 11.8 Å². The van der Waals surface area contributed by atoms with Crippen molar-refractivity contribution >= 4 is 23.5 Å². The van der Waals surface area contributed by atoms with E-state index in [4.69, 9.17) is 11.0 Å². The van der Waals surface area contributed by atoms with Crippen molar-refractivity contribution in [2.24, 2.45) is 5.73 Å². The Morgan fingerprint density at radius 3 is 2.52 bits per heavy atom. The molecule has 2 aromatic rings. The molecule has 0 saturated carbocycles. The second-order valence-electron chi connectivity index (χ2n) is 5.60. The van der Waals surface area contributed by atoms with Crippen molar-refractivity contribution in [3.63, 3.8) is 0 Å². The number of nitrogens with one attached hydrogen (secondary N) is 1. The molecule has 27 heavy (non-hydrogen) atoms. The first-order valence-electron chi connectivity index (χ1n) is 8.32. The van der Waals surface area contributed by atoms with Crippen molar-refractivity contribution in [1.82, 2.24) is 4.98 Å². The summed E-state index contributed by atoms with van der Waals surface area (Å²) in [6, 6.07) is 11.8. The fourth-order valence-corrected chi connectivity index (χ4v) is 2.60. The van der Waals surface area contributed by atoms with Crippen LogP contribution in [-0.4, -0.2) is 16.6 Å². The lowest BCUT2D eigenvalue weighted by Gasteiger charge is -2.09. The third-order valence-electron chi connectivity index (χ3n) is 3.44. The van der Waals surface area contributed by atoms with E-state index in [9.17, 15) is 9.18 Å². The van der Waals surface area contributed by atoms with Gasteiger partial charge in [0.1, 0.15) is 17.7 Å². The molecule has 0 radical (unpaired) electrons. The van der Waals surface area contributed by atoms with Crippen LogP contribution in [0.5, 0.6) is 0 Å². The number of nitriles is 1. The van der Waals surface area contributed by atoms with Gasteiger partial charge in [0, 0.05) is 17.1 Å². The average Bonchev–Trinajstić information content (AvgIpc) is 2.67. The number of aromatic nitrogens is 1. The number of pyridine rings is 1. The van der Waals surface area contributed by atoms with Crippen LogP contribution in [0.4, 0.5) is 10.2 Å². The number of nitrogens with zero attached hydrogens (tertiary/aromatic N) is 2. The summed E-state index contributed by atoms with van der Waals surface area (Å²) < 4.78 is 12.6. The lowest BCUT2D eigenvalue weighted by atomic mass is 10.2. The molecule has 0 bridgehead atoms. The second-order valence-corrected chi connectivity index (χ2v) is 6.93. The second kappa shape index (κ2) is 11.7. The zero-order chi connectivity index (χ0) is 20.2. The summed E-state index contributed by atoms with van der Waals surface area (Å²) in [4.78, 5) is 14.6. The fraction of sp³-hybridized carbons (Fsp3) is 0.250. The molecule has 3 N–H and O–H groups in total. The number of primary amides is 1. The Labute approximate surface area is 163 Å². The lowest BCUT2D eigenvalue weighted by molar-refractivity contribution is -0.115. The molecule has 1 unspecified atom stereocenters. The number of benzene rings is 1. The van der Waals surface area contributed by atoms with E-state index >= 15 is 0 Å². The van der Waals surface area contributed by atoms with Crippen molar-refractivity contribution in [3.05, 3.63) is 71.8 Å². The van der Waals surface area contributed by atoms with E-state index in [2.05, 4.69) is 16.9 Å². The van der Waals surface area contributed by atoms with Crippen molar-refractivity contribution in [1.29, 1.82) is 5.26 Å². The predicted molar refractivity (Wildman–Crippen MR) is 108 cm³/mol. The van der Waals surface area contributed by atoms with Crippen LogP contribution in [0.1, 0.15) is 36.6 Å². The minimum atomic E-state index is -0.330. The van der Waals surface area contributed by atoms with E-state index in [1.165, 1.54) is 30.1 Å². The quantitative estimate of drug-likeness (QED) is 0.736. The van der Waals surface area contributed by atoms with Gasteiger partial charge >= 0.3 is 0 Å². The molecule has 2 rings (SSSR count). The van der Waals surface area contributed by atoms with E-state index < -0.39 is 0 Å². The number of rotatable bonds is 7. The predicted octanol–water partition coefficient (Wildman–Crippen LogP) is 4.39. The number of carbonyl (C=O) groups is 1. The molecule has 5 nitrogen and oxygen atoms in total. The lowest BCUT2D eigenvalue weighted by Crippen LogP contribution is -2.13. The van der Waals surface area contributed by atoms with E-state index in [1.807, 2.05) is 19.9 Å². The topological polar surface area (TPSA) is 91.8 Å². The number of allylic oxidation sites excluding steroid dienone is 1. The van der Waals surface area contributed by atoms with Crippen molar-refractivity contribution < 1.29 is 9.18 Å². The minimum Gasteiger partial charge on any atom is -0.369 e. The Balaban J connectivity index is 0.000000271. The highest BCUT2D eigenvalue weighted by Gasteiger charge is 2.07. The number of amides is 1. The van der Waals surface area contributed by atoms with Gasteiger partial charge in [-0.3, -0.25) is 4.79 Å². The van der Waals surface area contributed by atoms with Crippen LogP contribution < -0.4 is 11.1 Å². The van der Waals surface area contributed by atoms with Crippen LogP contribution in [0.2, 0.25) is 0 Å². The number of hydrogen-bond acceptors (Lipinski definition) is 5. The summed E-state index contributed by atoms with van der Waals surface area (Å²) in [5, 5.41) is 11.7. The Bertz CT molecular complexity index is 785. The summed E-state index contributed by atoms with van der Waals surface area (Å²) in [5.41, 5.74) is 7.50. The molecule has 0 aliphatic carbocycles. The maximum Gasteiger partial charge on any atom is 0.227 e. The molecular formula is C20H23FN4OS. The van der Waals surface area contributed by atoms with Gasteiger partial charge in [0.05, 0.1) is 11.3 Å². The van der Waals surface area contributed by atoms with Gasteiger partial charge in [-0.2, -0.15) is 5.26 Å². The van der Waals surface area contributed by atoms with Crippen molar-refractivity contribution in [2.75, 3.05) is 11.1 Å². The van der Waals surface area contributed by atoms with Gasteiger partial charge in [-0.1, -0.05) is 25.6 Å². The first-order valence-corrected chi connectivity index (χ1v) is 9.36. The molecular weight excluding hydrogens is 363 g/mol. The van der Waals surface area contributed by atoms with E-state index in [0.717, 1.165) is 23.5 Å². The summed E-state index contributed by atoms with van der Waals surface area (Å²) in [7, 11) is 0. The van der Waals surface area contributed by atoms with E-state index in [-0.39, 0.29) is 17.0 Å². The van der Waals surface area contributed by atoms with Crippen LogP contribution in [-0.2, 0) is 4.79 Å². The number of thioether (sulfide) groups is 1.